The quantitative estimate of drug-likeness (QED) is 0.322. The Morgan fingerprint density at radius 3 is 2.34 bits per heavy atom. The molecule has 2 aromatic rings. The van der Waals surface area contributed by atoms with Crippen LogP contribution in [0, 0.1) is 24.0 Å². The van der Waals surface area contributed by atoms with Crippen LogP contribution in [0.5, 0.6) is 5.75 Å². The zero-order valence-electron chi connectivity index (χ0n) is 16.5. The summed E-state index contributed by atoms with van der Waals surface area (Å²) in [7, 11) is 2.53. The molecular weight excluding hydrogens is 384 g/mol. The van der Waals surface area contributed by atoms with E-state index in [-0.39, 0.29) is 28.3 Å². The molecule has 0 saturated carbocycles. The molecule has 1 aromatic carbocycles. The lowest BCUT2D eigenvalue weighted by Crippen LogP contribution is -2.25. The van der Waals surface area contributed by atoms with Gasteiger partial charge in [-0.3, -0.25) is 14.9 Å². The zero-order chi connectivity index (χ0) is 21.9. The minimum Gasteiger partial charge on any atom is -0.496 e. The van der Waals surface area contributed by atoms with Gasteiger partial charge in [-0.25, -0.2) is 9.59 Å². The summed E-state index contributed by atoms with van der Waals surface area (Å²) in [4.78, 5) is 50.2. The van der Waals surface area contributed by atoms with Crippen LogP contribution in [0.25, 0.3) is 0 Å². The normalized spacial score (nSPS) is 11.5. The van der Waals surface area contributed by atoms with E-state index in [1.54, 1.807) is 13.8 Å². The number of rotatable bonds is 7. The number of hydrogen-bond donors (Lipinski definition) is 1. The first-order valence-electron chi connectivity index (χ1n) is 8.47. The zero-order valence-corrected chi connectivity index (χ0v) is 16.5. The Labute approximate surface area is 165 Å². The summed E-state index contributed by atoms with van der Waals surface area (Å²) in [5.41, 5.74) is 0.641. The highest BCUT2D eigenvalue weighted by atomic mass is 16.6. The summed E-state index contributed by atoms with van der Waals surface area (Å²) in [5, 5.41) is 11.0. The van der Waals surface area contributed by atoms with Gasteiger partial charge in [0.15, 0.2) is 6.10 Å². The largest absolute Gasteiger partial charge is 0.496 e. The summed E-state index contributed by atoms with van der Waals surface area (Å²) in [5.74, 6) is -2.06. The summed E-state index contributed by atoms with van der Waals surface area (Å²) < 4.78 is 14.9. The Hall–Kier alpha value is -3.69. The van der Waals surface area contributed by atoms with Crippen LogP contribution in [-0.2, 0) is 9.47 Å². The van der Waals surface area contributed by atoms with E-state index in [4.69, 9.17) is 14.2 Å². The van der Waals surface area contributed by atoms with Gasteiger partial charge < -0.3 is 19.2 Å². The van der Waals surface area contributed by atoms with Gasteiger partial charge in [0.2, 0.25) is 5.78 Å². The smallest absolute Gasteiger partial charge is 0.342 e. The molecule has 0 aliphatic carbocycles. The van der Waals surface area contributed by atoms with Gasteiger partial charge >= 0.3 is 11.9 Å². The molecule has 1 N–H and O–H groups in total. The lowest BCUT2D eigenvalue weighted by Gasteiger charge is -2.14. The molecule has 0 spiro atoms. The van der Waals surface area contributed by atoms with Gasteiger partial charge in [0, 0.05) is 17.8 Å². The number of aromatic nitrogens is 1. The number of H-pyrrole nitrogens is 1. The molecule has 0 aliphatic heterocycles. The van der Waals surface area contributed by atoms with Crippen LogP contribution in [-0.4, -0.2) is 48.0 Å². The Morgan fingerprint density at radius 1 is 1.14 bits per heavy atom. The fraction of sp³-hybridized carbons (Fsp3) is 0.316. The highest BCUT2D eigenvalue weighted by Crippen LogP contribution is 2.26. The number of aryl methyl sites for hydroxylation is 1. The average Bonchev–Trinajstić information content (AvgIpc) is 2.99. The van der Waals surface area contributed by atoms with Crippen molar-refractivity contribution in [3.05, 3.63) is 56.4 Å². The Kier molecular flexibility index (Phi) is 6.37. The molecule has 0 unspecified atom stereocenters. The Bertz CT molecular complexity index is 992. The number of esters is 2. The maximum absolute atomic E-state index is 12.7. The van der Waals surface area contributed by atoms with Crippen LogP contribution in [0.15, 0.2) is 18.2 Å². The molecule has 0 fully saturated rings. The maximum atomic E-state index is 12.7. The monoisotopic (exact) mass is 404 g/mol. The Balaban J connectivity index is 2.29. The average molecular weight is 404 g/mol. The number of aromatic amines is 1. The molecular formula is C19H20N2O8. The van der Waals surface area contributed by atoms with Crippen molar-refractivity contribution in [1.29, 1.82) is 0 Å². The van der Waals surface area contributed by atoms with E-state index in [9.17, 15) is 24.5 Å². The number of ether oxygens (including phenoxy) is 3. The van der Waals surface area contributed by atoms with Crippen LogP contribution < -0.4 is 4.74 Å². The highest BCUT2D eigenvalue weighted by molar-refractivity contribution is 6.04. The molecule has 0 saturated heterocycles. The van der Waals surface area contributed by atoms with Gasteiger partial charge in [0.25, 0.3) is 5.69 Å². The first-order chi connectivity index (χ1) is 13.6. The minimum atomic E-state index is -1.23. The third kappa shape index (κ3) is 4.26. The molecule has 0 amide bonds. The number of methoxy groups -OCH3 is 2. The van der Waals surface area contributed by atoms with Crippen molar-refractivity contribution in [1.82, 2.24) is 4.98 Å². The molecule has 1 aromatic heterocycles. The van der Waals surface area contributed by atoms with Crippen molar-refractivity contribution in [2.24, 2.45) is 0 Å². The first kappa shape index (κ1) is 21.6. The molecule has 10 nitrogen and oxygen atoms in total. The standard InChI is InChI=1S/C19H20N2O8/c1-9-15(19(24)28-5)10(2)20-16(9)17(22)11(3)29-18(23)13-8-12(21(25)26)6-7-14(13)27-4/h6-8,11,20H,1-5H3/t11-/m1/s1. The maximum Gasteiger partial charge on any atom is 0.342 e. The topological polar surface area (TPSA) is 138 Å². The summed E-state index contributed by atoms with van der Waals surface area (Å²) >= 11 is 0. The second-order valence-electron chi connectivity index (χ2n) is 6.17. The Morgan fingerprint density at radius 2 is 1.79 bits per heavy atom. The van der Waals surface area contributed by atoms with Crippen molar-refractivity contribution in [2.45, 2.75) is 26.9 Å². The number of Topliss-reactive ketones (excluding diaryl/α,β-unsaturated/α-hetero) is 1. The molecule has 0 bridgehead atoms. The van der Waals surface area contributed by atoms with Crippen LogP contribution >= 0.6 is 0 Å². The number of nitrogens with one attached hydrogen (secondary N) is 1. The molecule has 0 aliphatic rings. The molecule has 2 rings (SSSR count). The number of nitro benzene ring substituents is 1. The van der Waals surface area contributed by atoms with E-state index in [1.807, 2.05) is 0 Å². The van der Waals surface area contributed by atoms with Crippen LogP contribution in [0.4, 0.5) is 5.69 Å². The number of hydrogen-bond acceptors (Lipinski definition) is 8. The number of nitro groups is 1. The van der Waals surface area contributed by atoms with Crippen molar-refractivity contribution in [2.75, 3.05) is 14.2 Å². The van der Waals surface area contributed by atoms with Crippen molar-refractivity contribution >= 4 is 23.4 Å². The van der Waals surface area contributed by atoms with Gasteiger partial charge in [-0.2, -0.15) is 0 Å². The van der Waals surface area contributed by atoms with Crippen molar-refractivity contribution in [3.8, 4) is 5.75 Å². The van der Waals surface area contributed by atoms with E-state index < -0.39 is 28.7 Å². The van der Waals surface area contributed by atoms with E-state index in [0.29, 0.717) is 11.3 Å². The van der Waals surface area contributed by atoms with E-state index >= 15 is 0 Å². The molecule has 1 heterocycles. The van der Waals surface area contributed by atoms with Crippen molar-refractivity contribution in [3.63, 3.8) is 0 Å². The second-order valence-corrected chi connectivity index (χ2v) is 6.17. The van der Waals surface area contributed by atoms with E-state index in [0.717, 1.165) is 6.07 Å². The third-order valence-corrected chi connectivity index (χ3v) is 4.34. The van der Waals surface area contributed by atoms with Gasteiger partial charge in [-0.05, 0) is 32.4 Å². The lowest BCUT2D eigenvalue weighted by molar-refractivity contribution is -0.384. The number of ketones is 1. The van der Waals surface area contributed by atoms with Gasteiger partial charge in [-0.15, -0.1) is 0 Å². The molecule has 29 heavy (non-hydrogen) atoms. The van der Waals surface area contributed by atoms with Crippen LogP contribution in [0.2, 0.25) is 0 Å². The third-order valence-electron chi connectivity index (χ3n) is 4.34. The lowest BCUT2D eigenvalue weighted by atomic mass is 10.1. The SMILES string of the molecule is COC(=O)c1c(C)[nH]c(C(=O)[C@@H](C)OC(=O)c2cc([N+](=O)[O-])ccc2OC)c1C. The van der Waals surface area contributed by atoms with Crippen LogP contribution in [0.3, 0.4) is 0 Å². The highest BCUT2D eigenvalue weighted by Gasteiger charge is 2.29. The van der Waals surface area contributed by atoms with E-state index in [1.165, 1.54) is 33.3 Å². The number of carbonyl (C=O) groups is 3. The summed E-state index contributed by atoms with van der Waals surface area (Å²) in [6, 6.07) is 3.46. The number of non-ortho nitro benzene ring substituents is 1. The van der Waals surface area contributed by atoms with Gasteiger partial charge in [0.05, 0.1) is 30.4 Å². The predicted molar refractivity (Wildman–Crippen MR) is 100 cm³/mol. The molecule has 154 valence electrons. The fourth-order valence-electron chi connectivity index (χ4n) is 2.85. The number of carbonyl (C=O) groups excluding carboxylic acids is 3. The first-order valence-corrected chi connectivity index (χ1v) is 8.47. The number of nitrogens with zero attached hydrogens (tertiary/aromatic N) is 1. The summed E-state index contributed by atoms with van der Waals surface area (Å²) in [6.45, 7) is 4.54. The van der Waals surface area contributed by atoms with Crippen molar-refractivity contribution < 1.29 is 33.5 Å². The van der Waals surface area contributed by atoms with Crippen LogP contribution in [0.1, 0.15) is 49.4 Å². The molecule has 0 radical (unpaired) electrons. The van der Waals surface area contributed by atoms with E-state index in [2.05, 4.69) is 4.98 Å². The molecule has 1 atom stereocenters. The second kappa shape index (κ2) is 8.55. The summed E-state index contributed by atoms with van der Waals surface area (Å²) in [6.07, 6.45) is -1.23. The van der Waals surface area contributed by atoms with Gasteiger partial charge in [0.1, 0.15) is 11.3 Å². The number of benzene rings is 1. The fourth-order valence-corrected chi connectivity index (χ4v) is 2.85. The predicted octanol–water partition coefficient (Wildman–Crippen LogP) is 2.76. The van der Waals surface area contributed by atoms with Gasteiger partial charge in [-0.1, -0.05) is 0 Å². The molecule has 10 heteroatoms. The minimum absolute atomic E-state index is 0.0696.